The van der Waals surface area contributed by atoms with Gasteiger partial charge in [0.25, 0.3) is 0 Å². The van der Waals surface area contributed by atoms with Gasteiger partial charge in [-0.15, -0.1) is 0 Å². The minimum atomic E-state index is -0.0680. The Labute approximate surface area is 169 Å². The molecule has 1 aliphatic heterocycles. The molecule has 29 heavy (non-hydrogen) atoms. The number of aromatic nitrogens is 3. The minimum absolute atomic E-state index is 0.0680. The molecule has 146 valence electrons. The smallest absolute Gasteiger partial charge is 0.166 e. The molecule has 1 aliphatic rings. The molecular formula is C22H21N5O2. The van der Waals surface area contributed by atoms with Gasteiger partial charge in [0, 0.05) is 36.7 Å². The highest BCUT2D eigenvalue weighted by Gasteiger charge is 2.14. The van der Waals surface area contributed by atoms with Crippen molar-refractivity contribution in [3.05, 3.63) is 66.9 Å². The van der Waals surface area contributed by atoms with E-state index in [-0.39, 0.29) is 6.10 Å². The van der Waals surface area contributed by atoms with E-state index in [1.54, 1.807) is 18.5 Å². The van der Waals surface area contributed by atoms with E-state index in [9.17, 15) is 0 Å². The van der Waals surface area contributed by atoms with E-state index in [0.717, 1.165) is 16.9 Å². The first-order chi connectivity index (χ1) is 14.2. The maximum atomic E-state index is 7.61. The number of ether oxygens (including phenoxy) is 2. The molecule has 0 saturated heterocycles. The molecule has 0 aliphatic carbocycles. The van der Waals surface area contributed by atoms with Crippen LogP contribution in [0, 0.1) is 5.41 Å². The summed E-state index contributed by atoms with van der Waals surface area (Å²) in [6, 6.07) is 13.6. The Balaban J connectivity index is 1.76. The fourth-order valence-corrected chi connectivity index (χ4v) is 2.95. The molecule has 0 saturated carbocycles. The third-order valence-corrected chi connectivity index (χ3v) is 4.46. The number of pyridine rings is 1. The number of allylic oxidation sites excluding steroid dienone is 1. The van der Waals surface area contributed by atoms with Crippen LogP contribution in [0.2, 0.25) is 0 Å². The molecule has 1 aromatic carbocycles. The van der Waals surface area contributed by atoms with Crippen LogP contribution in [-0.4, -0.2) is 33.9 Å². The molecule has 4 rings (SSSR count). The fourth-order valence-electron chi connectivity index (χ4n) is 2.95. The SMILES string of the molecule is C[C@H]1CCOC=C(C=N)c2nccc(n2)Nc2cc(c(-c3ccccc3)cn2)O1. The number of nitrogens with zero attached hydrogens (tertiary/aromatic N) is 3. The van der Waals surface area contributed by atoms with Gasteiger partial charge < -0.3 is 20.2 Å². The van der Waals surface area contributed by atoms with Crippen molar-refractivity contribution in [1.82, 2.24) is 15.0 Å². The standard InChI is InChI=1S/C22H21N5O2/c1-15-8-10-28-14-17(12-23)22-24-9-7-20(27-22)26-21-11-19(29-15)18(13-25-21)16-5-3-2-4-6-16/h2-7,9,11-15,23H,8,10H2,1H3,(H,24,25,26,27)/t15-/m0/s1. The lowest BCUT2D eigenvalue weighted by molar-refractivity contribution is 0.158. The Hall–Kier alpha value is -3.74. The van der Waals surface area contributed by atoms with Crippen molar-refractivity contribution in [2.24, 2.45) is 0 Å². The quantitative estimate of drug-likeness (QED) is 0.631. The normalized spacial score (nSPS) is 16.3. The van der Waals surface area contributed by atoms with Crippen LogP contribution in [-0.2, 0) is 4.74 Å². The molecule has 0 spiro atoms. The maximum Gasteiger partial charge on any atom is 0.166 e. The third kappa shape index (κ3) is 4.40. The van der Waals surface area contributed by atoms with E-state index in [1.807, 2.05) is 43.3 Å². The molecule has 7 heteroatoms. The lowest BCUT2D eigenvalue weighted by Gasteiger charge is -2.19. The van der Waals surface area contributed by atoms with E-state index in [0.29, 0.717) is 36.1 Å². The molecular weight excluding hydrogens is 366 g/mol. The zero-order valence-corrected chi connectivity index (χ0v) is 16.0. The molecule has 0 unspecified atom stereocenters. The van der Waals surface area contributed by atoms with Gasteiger partial charge in [0.1, 0.15) is 17.4 Å². The van der Waals surface area contributed by atoms with Gasteiger partial charge in [-0.25, -0.2) is 15.0 Å². The number of nitrogens with one attached hydrogen (secondary N) is 2. The van der Waals surface area contributed by atoms with Crippen LogP contribution < -0.4 is 10.1 Å². The molecule has 0 amide bonds. The Bertz CT molecular complexity index is 1040. The van der Waals surface area contributed by atoms with Gasteiger partial charge in [-0.1, -0.05) is 30.3 Å². The van der Waals surface area contributed by atoms with Crippen molar-refractivity contribution in [3.63, 3.8) is 0 Å². The fraction of sp³-hybridized carbons (Fsp3) is 0.182. The summed E-state index contributed by atoms with van der Waals surface area (Å²) in [5, 5.41) is 10.8. The number of rotatable bonds is 2. The van der Waals surface area contributed by atoms with Crippen LogP contribution in [0.15, 0.2) is 61.1 Å². The Morgan fingerprint density at radius 3 is 2.83 bits per heavy atom. The van der Waals surface area contributed by atoms with Crippen LogP contribution >= 0.6 is 0 Å². The second-order valence-corrected chi connectivity index (χ2v) is 6.63. The molecule has 2 aromatic heterocycles. The average molecular weight is 387 g/mol. The van der Waals surface area contributed by atoms with E-state index in [1.165, 1.54) is 12.5 Å². The largest absolute Gasteiger partial charge is 0.500 e. The van der Waals surface area contributed by atoms with Gasteiger partial charge >= 0.3 is 0 Å². The topological polar surface area (TPSA) is 93.0 Å². The first-order valence-corrected chi connectivity index (χ1v) is 9.38. The summed E-state index contributed by atoms with van der Waals surface area (Å²) in [6.07, 6.45) is 6.73. The maximum absolute atomic E-state index is 7.61. The Morgan fingerprint density at radius 1 is 1.14 bits per heavy atom. The molecule has 1 atom stereocenters. The summed E-state index contributed by atoms with van der Waals surface area (Å²) in [7, 11) is 0. The third-order valence-electron chi connectivity index (χ3n) is 4.46. The summed E-state index contributed by atoms with van der Waals surface area (Å²) < 4.78 is 11.8. The zero-order chi connectivity index (χ0) is 20.1. The van der Waals surface area contributed by atoms with E-state index < -0.39 is 0 Å². The lowest BCUT2D eigenvalue weighted by Crippen LogP contribution is -2.15. The van der Waals surface area contributed by atoms with Crippen molar-refractivity contribution in [2.45, 2.75) is 19.4 Å². The van der Waals surface area contributed by atoms with Gasteiger partial charge in [0.2, 0.25) is 0 Å². The minimum Gasteiger partial charge on any atom is -0.500 e. The van der Waals surface area contributed by atoms with Gasteiger partial charge in [0.05, 0.1) is 24.5 Å². The van der Waals surface area contributed by atoms with Crippen molar-refractivity contribution in [1.29, 1.82) is 5.41 Å². The number of benzene rings is 1. The zero-order valence-electron chi connectivity index (χ0n) is 16.0. The van der Waals surface area contributed by atoms with Crippen molar-refractivity contribution >= 4 is 23.4 Å². The Morgan fingerprint density at radius 2 is 2.00 bits per heavy atom. The van der Waals surface area contributed by atoms with Crippen molar-refractivity contribution in [3.8, 4) is 16.9 Å². The molecule has 0 radical (unpaired) electrons. The summed E-state index contributed by atoms with van der Waals surface area (Å²) in [5.41, 5.74) is 2.45. The highest BCUT2D eigenvalue weighted by molar-refractivity contribution is 6.06. The molecule has 4 bridgehead atoms. The second kappa shape index (κ2) is 8.52. The predicted octanol–water partition coefficient (Wildman–Crippen LogP) is 4.46. The first-order valence-electron chi connectivity index (χ1n) is 9.38. The number of fused-ring (bicyclic) bond motifs is 4. The van der Waals surface area contributed by atoms with E-state index in [2.05, 4.69) is 20.3 Å². The van der Waals surface area contributed by atoms with Gasteiger partial charge in [0.15, 0.2) is 5.82 Å². The number of anilines is 2. The highest BCUT2D eigenvalue weighted by atomic mass is 16.5. The monoisotopic (exact) mass is 387 g/mol. The van der Waals surface area contributed by atoms with Crippen LogP contribution in [0.25, 0.3) is 16.7 Å². The number of hydrogen-bond donors (Lipinski definition) is 2. The van der Waals surface area contributed by atoms with E-state index >= 15 is 0 Å². The molecule has 3 heterocycles. The van der Waals surface area contributed by atoms with Crippen molar-refractivity contribution < 1.29 is 9.47 Å². The molecule has 3 aromatic rings. The van der Waals surface area contributed by atoms with Gasteiger partial charge in [-0.05, 0) is 18.6 Å². The molecule has 0 fully saturated rings. The highest BCUT2D eigenvalue weighted by Crippen LogP contribution is 2.33. The molecule has 7 nitrogen and oxygen atoms in total. The predicted molar refractivity (Wildman–Crippen MR) is 112 cm³/mol. The first kappa shape index (κ1) is 18.6. The van der Waals surface area contributed by atoms with E-state index in [4.69, 9.17) is 14.9 Å². The Kier molecular flexibility index (Phi) is 5.47. The van der Waals surface area contributed by atoms with Crippen LogP contribution in [0.5, 0.6) is 5.75 Å². The van der Waals surface area contributed by atoms with Crippen LogP contribution in [0.3, 0.4) is 0 Å². The van der Waals surface area contributed by atoms with Crippen molar-refractivity contribution in [2.75, 3.05) is 11.9 Å². The summed E-state index contributed by atoms with van der Waals surface area (Å²) in [5.74, 6) is 2.33. The molecule has 2 N–H and O–H groups in total. The average Bonchev–Trinajstić information content (AvgIpc) is 2.74. The summed E-state index contributed by atoms with van der Waals surface area (Å²) in [4.78, 5) is 13.2. The van der Waals surface area contributed by atoms with Gasteiger partial charge in [-0.3, -0.25) is 0 Å². The van der Waals surface area contributed by atoms with Gasteiger partial charge in [-0.2, -0.15) is 0 Å². The lowest BCUT2D eigenvalue weighted by atomic mass is 10.1. The van der Waals surface area contributed by atoms with Crippen LogP contribution in [0.1, 0.15) is 19.2 Å². The number of hydrogen-bond acceptors (Lipinski definition) is 7. The van der Waals surface area contributed by atoms with Crippen LogP contribution in [0.4, 0.5) is 11.6 Å². The summed E-state index contributed by atoms with van der Waals surface area (Å²) in [6.45, 7) is 2.46. The summed E-state index contributed by atoms with van der Waals surface area (Å²) >= 11 is 0. The second-order valence-electron chi connectivity index (χ2n) is 6.63.